The molecule has 0 unspecified atom stereocenters. The number of amides is 1. The van der Waals surface area contributed by atoms with Crippen molar-refractivity contribution < 1.29 is 9.53 Å². The van der Waals surface area contributed by atoms with Crippen LogP contribution < -0.4 is 0 Å². The van der Waals surface area contributed by atoms with Gasteiger partial charge in [0.05, 0.1) is 19.1 Å². The molecule has 0 aliphatic carbocycles. The molecule has 2 fully saturated rings. The minimum Gasteiger partial charge on any atom is -0.379 e. The normalized spacial score (nSPS) is 30.5. The van der Waals surface area contributed by atoms with Gasteiger partial charge in [-0.25, -0.2) is 0 Å². The van der Waals surface area contributed by atoms with Gasteiger partial charge < -0.3 is 9.64 Å². The summed E-state index contributed by atoms with van der Waals surface area (Å²) >= 11 is 1.82. The Bertz CT molecular complexity index is 603. The summed E-state index contributed by atoms with van der Waals surface area (Å²) in [4.78, 5) is 19.1. The van der Waals surface area contributed by atoms with Crippen LogP contribution in [-0.2, 0) is 9.53 Å². The molecule has 1 aromatic carbocycles. The monoisotopic (exact) mass is 346 g/mol. The molecule has 0 spiro atoms. The Morgan fingerprint density at radius 1 is 1.25 bits per heavy atom. The molecule has 0 radical (unpaired) electrons. The van der Waals surface area contributed by atoms with Gasteiger partial charge >= 0.3 is 0 Å². The third-order valence-electron chi connectivity index (χ3n) is 5.76. The first-order valence-corrected chi connectivity index (χ1v) is 10.1. The van der Waals surface area contributed by atoms with Crippen LogP contribution in [0, 0.1) is 5.92 Å². The first-order chi connectivity index (χ1) is 11.8. The minimum absolute atomic E-state index is 0.0483. The number of likely N-dealkylation sites (tertiary alicyclic amines) is 1. The second-order valence-electron chi connectivity index (χ2n) is 7.03. The van der Waals surface area contributed by atoms with Gasteiger partial charge in [-0.1, -0.05) is 31.5 Å². The molecule has 3 aliphatic rings. The molecule has 1 amide bonds. The van der Waals surface area contributed by atoms with E-state index in [9.17, 15) is 4.79 Å². The van der Waals surface area contributed by atoms with E-state index in [0.29, 0.717) is 17.9 Å². The number of nitrogens with zero attached hydrogens (tertiary/aromatic N) is 2. The number of thioether (sulfide) groups is 1. The van der Waals surface area contributed by atoms with Crippen molar-refractivity contribution in [3.63, 3.8) is 0 Å². The number of morpholine rings is 1. The molecule has 0 N–H and O–H groups in total. The predicted molar refractivity (Wildman–Crippen MR) is 96.4 cm³/mol. The number of fused-ring (bicyclic) bond motifs is 1. The van der Waals surface area contributed by atoms with Gasteiger partial charge in [-0.05, 0) is 17.5 Å². The summed E-state index contributed by atoms with van der Waals surface area (Å²) in [5, 5.41) is 0. The highest BCUT2D eigenvalue weighted by molar-refractivity contribution is 7.99. The first-order valence-electron chi connectivity index (χ1n) is 9.10. The van der Waals surface area contributed by atoms with Crippen molar-refractivity contribution in [3.05, 3.63) is 29.8 Å². The summed E-state index contributed by atoms with van der Waals surface area (Å²) in [5.41, 5.74) is 1.23. The summed E-state index contributed by atoms with van der Waals surface area (Å²) < 4.78 is 5.50. The van der Waals surface area contributed by atoms with E-state index in [4.69, 9.17) is 4.74 Å². The molecule has 5 heteroatoms. The number of ether oxygens (including phenoxy) is 1. The second-order valence-corrected chi connectivity index (χ2v) is 8.09. The lowest BCUT2D eigenvalue weighted by Crippen LogP contribution is -2.47. The van der Waals surface area contributed by atoms with E-state index in [0.717, 1.165) is 51.6 Å². The Labute approximate surface area is 148 Å². The van der Waals surface area contributed by atoms with Crippen LogP contribution in [-0.4, -0.2) is 66.9 Å². The molecule has 4 rings (SSSR count). The maximum absolute atomic E-state index is 13.2. The van der Waals surface area contributed by atoms with E-state index in [1.165, 1.54) is 10.5 Å². The maximum atomic E-state index is 13.2. The summed E-state index contributed by atoms with van der Waals surface area (Å²) in [6.07, 6.45) is 1.14. The third-order valence-corrected chi connectivity index (χ3v) is 6.94. The SMILES string of the molecule is CC[C@@H]1CN(C(=O)[C@@H]2CSc3ccccc32)C[C@@H]1N1CCOCC1. The molecule has 3 heterocycles. The fourth-order valence-corrected chi connectivity index (χ4v) is 5.57. The van der Waals surface area contributed by atoms with Gasteiger partial charge in [0.2, 0.25) is 5.91 Å². The van der Waals surface area contributed by atoms with Crippen LogP contribution in [0.15, 0.2) is 29.2 Å². The molecule has 3 atom stereocenters. The molecule has 24 heavy (non-hydrogen) atoms. The van der Waals surface area contributed by atoms with Gasteiger partial charge in [-0.2, -0.15) is 0 Å². The van der Waals surface area contributed by atoms with Crippen molar-refractivity contribution in [1.82, 2.24) is 9.80 Å². The van der Waals surface area contributed by atoms with Gasteiger partial charge in [0.1, 0.15) is 0 Å². The lowest BCUT2D eigenvalue weighted by molar-refractivity contribution is -0.131. The van der Waals surface area contributed by atoms with Crippen molar-refractivity contribution in [2.45, 2.75) is 30.2 Å². The molecule has 0 saturated carbocycles. The van der Waals surface area contributed by atoms with Crippen LogP contribution in [0.2, 0.25) is 0 Å². The number of benzene rings is 1. The molecule has 4 nitrogen and oxygen atoms in total. The Kier molecular flexibility index (Phi) is 4.83. The van der Waals surface area contributed by atoms with E-state index in [1.807, 2.05) is 11.8 Å². The standard InChI is InChI=1S/C19H26N2O2S/c1-2-14-11-21(12-17(14)20-7-9-23-10-8-20)19(22)16-13-24-18-6-4-3-5-15(16)18/h3-6,14,16-17H,2,7-13H2,1H3/t14-,16-,17+/m1/s1. The van der Waals surface area contributed by atoms with Crippen LogP contribution in [0.25, 0.3) is 0 Å². The lowest BCUT2D eigenvalue weighted by atomic mass is 9.99. The average molecular weight is 346 g/mol. The Balaban J connectivity index is 1.48. The highest BCUT2D eigenvalue weighted by Gasteiger charge is 2.41. The zero-order valence-corrected chi connectivity index (χ0v) is 15.1. The Morgan fingerprint density at radius 2 is 2.04 bits per heavy atom. The second kappa shape index (κ2) is 7.06. The fourth-order valence-electron chi connectivity index (χ4n) is 4.35. The number of rotatable bonds is 3. The third kappa shape index (κ3) is 2.98. The molecule has 3 aliphatic heterocycles. The van der Waals surface area contributed by atoms with Crippen LogP contribution in [0.4, 0.5) is 0 Å². The zero-order chi connectivity index (χ0) is 16.5. The average Bonchev–Trinajstić information content (AvgIpc) is 3.26. The maximum Gasteiger partial charge on any atom is 0.231 e. The molecular weight excluding hydrogens is 320 g/mol. The predicted octanol–water partition coefficient (Wildman–Crippen LogP) is 2.45. The largest absolute Gasteiger partial charge is 0.379 e. The number of carbonyl (C=O) groups is 1. The van der Waals surface area contributed by atoms with Crippen molar-refractivity contribution in [2.75, 3.05) is 45.1 Å². The lowest BCUT2D eigenvalue weighted by Gasteiger charge is -2.34. The molecule has 0 bridgehead atoms. The van der Waals surface area contributed by atoms with Crippen molar-refractivity contribution in [2.24, 2.45) is 5.92 Å². The minimum atomic E-state index is 0.0483. The van der Waals surface area contributed by atoms with Crippen LogP contribution in [0.1, 0.15) is 24.8 Å². The number of hydrogen-bond acceptors (Lipinski definition) is 4. The van der Waals surface area contributed by atoms with E-state index < -0.39 is 0 Å². The molecule has 0 aromatic heterocycles. The molecule has 2 saturated heterocycles. The van der Waals surface area contributed by atoms with E-state index in [2.05, 4.69) is 41.0 Å². The van der Waals surface area contributed by atoms with Crippen molar-refractivity contribution in [1.29, 1.82) is 0 Å². The zero-order valence-electron chi connectivity index (χ0n) is 14.3. The Hall–Kier alpha value is -1.04. The summed E-state index contributed by atoms with van der Waals surface area (Å²) in [5.74, 6) is 1.87. The summed E-state index contributed by atoms with van der Waals surface area (Å²) in [6.45, 7) is 7.73. The molecule has 130 valence electrons. The van der Waals surface area contributed by atoms with Gasteiger partial charge in [-0.3, -0.25) is 9.69 Å². The van der Waals surface area contributed by atoms with Crippen molar-refractivity contribution in [3.8, 4) is 0 Å². The van der Waals surface area contributed by atoms with Gasteiger partial charge in [0.15, 0.2) is 0 Å². The Morgan fingerprint density at radius 3 is 2.83 bits per heavy atom. The van der Waals surface area contributed by atoms with Crippen LogP contribution >= 0.6 is 11.8 Å². The quantitative estimate of drug-likeness (QED) is 0.842. The number of carbonyl (C=O) groups excluding carboxylic acids is 1. The van der Waals surface area contributed by atoms with Gasteiger partial charge in [-0.15, -0.1) is 11.8 Å². The first kappa shape index (κ1) is 16.4. The fraction of sp³-hybridized carbons (Fsp3) is 0.632. The van der Waals surface area contributed by atoms with Crippen LogP contribution in [0.5, 0.6) is 0 Å². The number of hydrogen-bond donors (Lipinski definition) is 0. The van der Waals surface area contributed by atoms with Gasteiger partial charge in [0, 0.05) is 42.9 Å². The molecule has 1 aromatic rings. The smallest absolute Gasteiger partial charge is 0.231 e. The van der Waals surface area contributed by atoms with E-state index in [1.54, 1.807) is 0 Å². The van der Waals surface area contributed by atoms with Crippen molar-refractivity contribution >= 4 is 17.7 Å². The summed E-state index contributed by atoms with van der Waals surface area (Å²) in [7, 11) is 0. The van der Waals surface area contributed by atoms with Gasteiger partial charge in [0.25, 0.3) is 0 Å². The topological polar surface area (TPSA) is 32.8 Å². The van der Waals surface area contributed by atoms with Crippen LogP contribution in [0.3, 0.4) is 0 Å². The van der Waals surface area contributed by atoms with E-state index in [-0.39, 0.29) is 5.92 Å². The summed E-state index contributed by atoms with van der Waals surface area (Å²) in [6, 6.07) is 8.90. The van der Waals surface area contributed by atoms with E-state index >= 15 is 0 Å². The molecular formula is C19H26N2O2S. The highest BCUT2D eigenvalue weighted by atomic mass is 32.2. The highest BCUT2D eigenvalue weighted by Crippen LogP contribution is 2.41.